The van der Waals surface area contributed by atoms with Crippen molar-refractivity contribution < 1.29 is 27.5 Å². The Kier molecular flexibility index (Phi) is 7.24. The number of aryl methyl sites for hydroxylation is 1. The van der Waals surface area contributed by atoms with Crippen LogP contribution >= 0.6 is 0 Å². The van der Waals surface area contributed by atoms with Gasteiger partial charge in [-0.3, -0.25) is 14.4 Å². The summed E-state index contributed by atoms with van der Waals surface area (Å²) in [6, 6.07) is 11.1. The summed E-state index contributed by atoms with van der Waals surface area (Å²) in [7, 11) is -3.99. The van der Waals surface area contributed by atoms with Crippen LogP contribution in [0.3, 0.4) is 0 Å². The van der Waals surface area contributed by atoms with Crippen LogP contribution in [0.1, 0.15) is 29.8 Å². The van der Waals surface area contributed by atoms with Crippen LogP contribution < -0.4 is 10.0 Å². The van der Waals surface area contributed by atoms with Gasteiger partial charge in [-0.1, -0.05) is 29.8 Å². The maximum absolute atomic E-state index is 12.4. The monoisotopic (exact) mass is 418 g/mol. The van der Waals surface area contributed by atoms with E-state index in [2.05, 4.69) is 10.0 Å². The molecule has 0 aliphatic rings. The van der Waals surface area contributed by atoms with Gasteiger partial charge in [0.25, 0.3) is 0 Å². The molecular weight excluding hydrogens is 396 g/mol. The van der Waals surface area contributed by atoms with Crippen LogP contribution in [0.2, 0.25) is 0 Å². The number of esters is 1. The van der Waals surface area contributed by atoms with E-state index in [4.69, 9.17) is 4.74 Å². The molecule has 8 nitrogen and oxygen atoms in total. The van der Waals surface area contributed by atoms with Crippen molar-refractivity contribution in [1.82, 2.24) is 4.72 Å². The molecule has 154 valence electrons. The average molecular weight is 418 g/mol. The molecule has 0 spiro atoms. The highest BCUT2D eigenvalue weighted by Gasteiger charge is 2.24. The molecule has 0 radical (unpaired) electrons. The fraction of sp³-hybridized carbons (Fsp3) is 0.250. The number of amides is 1. The molecule has 0 heterocycles. The Morgan fingerprint density at radius 2 is 1.59 bits per heavy atom. The number of nitrogens with one attached hydrogen (secondary N) is 2. The molecule has 0 aromatic heterocycles. The van der Waals surface area contributed by atoms with Gasteiger partial charge in [0, 0.05) is 18.2 Å². The zero-order chi connectivity index (χ0) is 21.6. The molecule has 2 rings (SSSR count). The average Bonchev–Trinajstić information content (AvgIpc) is 2.66. The van der Waals surface area contributed by atoms with Crippen molar-refractivity contribution >= 4 is 33.4 Å². The van der Waals surface area contributed by atoms with Crippen LogP contribution in [0.15, 0.2) is 53.4 Å². The third-order valence-corrected chi connectivity index (χ3v) is 5.45. The number of benzene rings is 2. The van der Waals surface area contributed by atoms with Crippen molar-refractivity contribution in [2.45, 2.75) is 31.7 Å². The molecule has 0 fully saturated rings. The van der Waals surface area contributed by atoms with Gasteiger partial charge >= 0.3 is 5.97 Å². The lowest BCUT2D eigenvalue weighted by molar-refractivity contribution is -0.144. The van der Waals surface area contributed by atoms with E-state index in [9.17, 15) is 22.8 Å². The zero-order valence-corrected chi connectivity index (χ0v) is 17.1. The summed E-state index contributed by atoms with van der Waals surface area (Å²) in [5, 5.41) is 2.53. The number of ether oxygens (including phenoxy) is 1. The zero-order valence-electron chi connectivity index (χ0n) is 16.3. The highest BCUT2D eigenvalue weighted by Crippen LogP contribution is 2.14. The fourth-order valence-electron chi connectivity index (χ4n) is 2.35. The van der Waals surface area contributed by atoms with Gasteiger partial charge in [0.2, 0.25) is 15.9 Å². The Hall–Kier alpha value is -3.04. The third-order valence-electron chi connectivity index (χ3n) is 3.89. The lowest BCUT2D eigenvalue weighted by atomic mass is 10.1. The molecule has 0 aliphatic carbocycles. The van der Waals surface area contributed by atoms with Crippen molar-refractivity contribution in [2.24, 2.45) is 0 Å². The van der Waals surface area contributed by atoms with E-state index in [1.165, 1.54) is 38.1 Å². The van der Waals surface area contributed by atoms with E-state index in [1.54, 1.807) is 24.3 Å². The Morgan fingerprint density at radius 3 is 2.14 bits per heavy atom. The first-order chi connectivity index (χ1) is 13.6. The first-order valence-corrected chi connectivity index (χ1v) is 10.2. The van der Waals surface area contributed by atoms with Gasteiger partial charge < -0.3 is 10.1 Å². The Bertz CT molecular complexity index is 998. The second kappa shape index (κ2) is 9.44. The summed E-state index contributed by atoms with van der Waals surface area (Å²) >= 11 is 0. The minimum absolute atomic E-state index is 0.0815. The quantitative estimate of drug-likeness (QED) is 0.500. The van der Waals surface area contributed by atoms with Crippen LogP contribution in [-0.4, -0.2) is 38.7 Å². The molecule has 0 unspecified atom stereocenters. The Labute approximate surface area is 169 Å². The number of anilines is 1. The van der Waals surface area contributed by atoms with Crippen LogP contribution in [0.25, 0.3) is 0 Å². The molecular formula is C20H22N2O6S. The number of sulfonamides is 1. The normalized spacial score (nSPS) is 12.1. The van der Waals surface area contributed by atoms with Crippen LogP contribution in [0.4, 0.5) is 5.69 Å². The molecule has 2 N–H and O–H groups in total. The predicted molar refractivity (Wildman–Crippen MR) is 107 cm³/mol. The SMILES string of the molecule is CC(=O)Nc1ccc(S(=O)(=O)N[C@@H](C)C(=O)OCC(=O)c2ccc(C)cc2)cc1. The molecule has 1 amide bonds. The van der Waals surface area contributed by atoms with Crippen LogP contribution in [0.5, 0.6) is 0 Å². The molecule has 29 heavy (non-hydrogen) atoms. The van der Waals surface area contributed by atoms with Gasteiger partial charge in [-0.25, -0.2) is 8.42 Å². The predicted octanol–water partition coefficient (Wildman–Crippen LogP) is 2.05. The number of hydrogen-bond acceptors (Lipinski definition) is 6. The first-order valence-electron chi connectivity index (χ1n) is 8.75. The van der Waals surface area contributed by atoms with Gasteiger partial charge in [0.05, 0.1) is 4.90 Å². The van der Waals surface area contributed by atoms with Gasteiger partial charge in [-0.15, -0.1) is 0 Å². The van der Waals surface area contributed by atoms with E-state index in [1.807, 2.05) is 6.92 Å². The van der Waals surface area contributed by atoms with Crippen molar-refractivity contribution in [3.63, 3.8) is 0 Å². The van der Waals surface area contributed by atoms with E-state index >= 15 is 0 Å². The van der Waals surface area contributed by atoms with E-state index in [-0.39, 0.29) is 16.6 Å². The summed E-state index contributed by atoms with van der Waals surface area (Å²) < 4.78 is 31.9. The van der Waals surface area contributed by atoms with Crippen LogP contribution in [0, 0.1) is 6.92 Å². The van der Waals surface area contributed by atoms with Crippen molar-refractivity contribution in [3.05, 3.63) is 59.7 Å². The van der Waals surface area contributed by atoms with Gasteiger partial charge in [-0.2, -0.15) is 4.72 Å². The highest BCUT2D eigenvalue weighted by atomic mass is 32.2. The molecule has 1 atom stereocenters. The summed E-state index contributed by atoms with van der Waals surface area (Å²) in [5.41, 5.74) is 1.83. The molecule has 9 heteroatoms. The third kappa shape index (κ3) is 6.51. The summed E-state index contributed by atoms with van der Waals surface area (Å²) in [6.07, 6.45) is 0. The molecule has 0 saturated heterocycles. The molecule has 0 aliphatic heterocycles. The number of ketones is 1. The largest absolute Gasteiger partial charge is 0.456 e. The van der Waals surface area contributed by atoms with E-state index in [0.717, 1.165) is 5.56 Å². The number of Topliss-reactive ketones (excluding diaryl/α,β-unsaturated/α-hetero) is 1. The maximum Gasteiger partial charge on any atom is 0.324 e. The van der Waals surface area contributed by atoms with E-state index in [0.29, 0.717) is 11.3 Å². The number of carbonyl (C=O) groups is 3. The maximum atomic E-state index is 12.4. The second-order valence-corrected chi connectivity index (χ2v) is 8.16. The van der Waals surface area contributed by atoms with Crippen molar-refractivity contribution in [2.75, 3.05) is 11.9 Å². The Morgan fingerprint density at radius 1 is 1.00 bits per heavy atom. The summed E-state index contributed by atoms with van der Waals surface area (Å²) in [4.78, 5) is 35.1. The van der Waals surface area contributed by atoms with Gasteiger partial charge in [0.15, 0.2) is 12.4 Å². The second-order valence-electron chi connectivity index (χ2n) is 6.45. The molecule has 2 aromatic rings. The summed E-state index contributed by atoms with van der Waals surface area (Å²) in [5.74, 6) is -1.54. The lowest BCUT2D eigenvalue weighted by Gasteiger charge is -2.14. The van der Waals surface area contributed by atoms with Gasteiger partial charge in [-0.05, 0) is 38.1 Å². The number of hydrogen-bond donors (Lipinski definition) is 2. The molecule has 0 bridgehead atoms. The van der Waals surface area contributed by atoms with E-state index < -0.39 is 28.6 Å². The highest BCUT2D eigenvalue weighted by molar-refractivity contribution is 7.89. The number of rotatable bonds is 8. The number of carbonyl (C=O) groups excluding carboxylic acids is 3. The minimum Gasteiger partial charge on any atom is -0.456 e. The minimum atomic E-state index is -3.99. The topological polar surface area (TPSA) is 119 Å². The fourth-order valence-corrected chi connectivity index (χ4v) is 3.55. The van der Waals surface area contributed by atoms with Crippen molar-refractivity contribution in [3.8, 4) is 0 Å². The molecule has 2 aromatic carbocycles. The van der Waals surface area contributed by atoms with Crippen LogP contribution in [-0.2, 0) is 24.3 Å². The lowest BCUT2D eigenvalue weighted by Crippen LogP contribution is -2.40. The van der Waals surface area contributed by atoms with Crippen molar-refractivity contribution in [1.29, 1.82) is 0 Å². The summed E-state index contributed by atoms with van der Waals surface area (Å²) in [6.45, 7) is 4.06. The molecule has 0 saturated carbocycles. The van der Waals surface area contributed by atoms with Gasteiger partial charge in [0.1, 0.15) is 6.04 Å². The Balaban J connectivity index is 1.94. The smallest absolute Gasteiger partial charge is 0.324 e. The first kappa shape index (κ1) is 22.3. The standard InChI is InChI=1S/C20H22N2O6S/c1-13-4-6-16(7-5-13)19(24)12-28-20(25)14(2)22-29(26,27)18-10-8-17(9-11-18)21-15(3)23/h4-11,14,22H,12H2,1-3H3,(H,21,23)/t14-/m0/s1.